The Morgan fingerprint density at radius 3 is 2.25 bits per heavy atom. The molecule has 6 atom stereocenters. The fraction of sp³-hybridized carbons (Fsp3) is 0.585. The highest BCUT2D eigenvalue weighted by atomic mass is 32.2. The zero-order chi connectivity index (χ0) is 42.1. The van der Waals surface area contributed by atoms with Gasteiger partial charge in [0.25, 0.3) is 0 Å². The predicted octanol–water partition coefficient (Wildman–Crippen LogP) is 3.69. The molecule has 0 spiro atoms. The molecular formula is C41H63N5O10S. The van der Waals surface area contributed by atoms with Gasteiger partial charge in [-0.3, -0.25) is 4.79 Å². The Morgan fingerprint density at radius 1 is 1.02 bits per heavy atom. The quantitative estimate of drug-likeness (QED) is 0.107. The average Bonchev–Trinajstić information content (AvgIpc) is 3.68. The summed E-state index contributed by atoms with van der Waals surface area (Å²) in [4.78, 5) is 36.0. The highest BCUT2D eigenvalue weighted by Gasteiger charge is 2.36. The minimum absolute atomic E-state index is 0.0126. The Balaban J connectivity index is 0.000000341. The fourth-order valence-electron chi connectivity index (χ4n) is 6.52. The Bertz CT molecular complexity index is 1680. The number of ether oxygens (including phenoxy) is 4. The van der Waals surface area contributed by atoms with E-state index in [4.69, 9.17) is 30.4 Å². The number of nitrogens with one attached hydrogen (secondary N) is 2. The number of hydrogen-bond donors (Lipinski definition) is 5. The number of carbonyl (C=O) groups excluding carboxylic acids is 3. The molecular weight excluding hydrogens is 755 g/mol. The summed E-state index contributed by atoms with van der Waals surface area (Å²) in [5.41, 5.74) is 13.7. The van der Waals surface area contributed by atoms with Gasteiger partial charge in [-0.15, -0.1) is 0 Å². The van der Waals surface area contributed by atoms with Crippen molar-refractivity contribution in [3.8, 4) is 0 Å². The molecule has 318 valence electrons. The monoisotopic (exact) mass is 817 g/mol. The molecule has 0 radical (unpaired) electrons. The van der Waals surface area contributed by atoms with Gasteiger partial charge in [-0.1, -0.05) is 58.0 Å². The first-order chi connectivity index (χ1) is 27.1. The molecule has 2 aliphatic rings. The second kappa shape index (κ2) is 23.4. The lowest BCUT2D eigenvalue weighted by molar-refractivity contribution is -0.139. The van der Waals surface area contributed by atoms with Gasteiger partial charge < -0.3 is 46.2 Å². The molecule has 2 aromatic carbocycles. The number of anilines is 1. The minimum Gasteiger partial charge on any atom is -0.463 e. The zero-order valence-electron chi connectivity index (χ0n) is 34.1. The molecule has 2 amide bonds. The number of sulfonamides is 1. The maximum atomic E-state index is 13.4. The SMILES string of the molecule is CC(C)CN(C[C@@H](O)[C@H](Cc1ccccc1)NC(=O)O[C@H]1CCOC1)S(=O)(=O)c1ccc(N)cc1.CCOC(=O)C1=C[C@@H](OC(CC)CC)[C@H](NC(C)=O)[C@@H](N)C1. The first kappa shape index (κ1) is 47.3. The van der Waals surface area contributed by atoms with Crippen LogP contribution >= 0.6 is 0 Å². The number of nitrogens with two attached hydrogens (primary N) is 2. The second-order valence-corrected chi connectivity index (χ2v) is 16.7. The van der Waals surface area contributed by atoms with Gasteiger partial charge in [0.05, 0.1) is 55.1 Å². The highest BCUT2D eigenvalue weighted by molar-refractivity contribution is 7.89. The molecule has 0 saturated carbocycles. The maximum absolute atomic E-state index is 13.4. The van der Waals surface area contributed by atoms with Gasteiger partial charge >= 0.3 is 12.1 Å². The summed E-state index contributed by atoms with van der Waals surface area (Å²) in [7, 11) is -3.90. The molecule has 7 N–H and O–H groups in total. The molecule has 1 saturated heterocycles. The van der Waals surface area contributed by atoms with E-state index in [1.54, 1.807) is 13.0 Å². The van der Waals surface area contributed by atoms with Crippen LogP contribution in [0.5, 0.6) is 0 Å². The number of alkyl carbamates (subject to hydrolysis) is 1. The molecule has 1 heterocycles. The lowest BCUT2D eigenvalue weighted by atomic mass is 9.88. The van der Waals surface area contributed by atoms with Crippen molar-refractivity contribution < 1.29 is 46.9 Å². The molecule has 1 aliphatic carbocycles. The summed E-state index contributed by atoms with van der Waals surface area (Å²) in [6.07, 6.45) is 2.19. The third-order valence-corrected chi connectivity index (χ3v) is 11.4. The number of benzene rings is 2. The van der Waals surface area contributed by atoms with E-state index in [1.807, 2.05) is 58.0 Å². The molecule has 1 aliphatic heterocycles. The van der Waals surface area contributed by atoms with Gasteiger partial charge in [0.2, 0.25) is 15.9 Å². The van der Waals surface area contributed by atoms with Crippen LogP contribution in [0.25, 0.3) is 0 Å². The van der Waals surface area contributed by atoms with Crippen molar-refractivity contribution in [3.63, 3.8) is 0 Å². The maximum Gasteiger partial charge on any atom is 0.407 e. The number of nitrogens with zero attached hydrogens (tertiary/aromatic N) is 1. The first-order valence-electron chi connectivity index (χ1n) is 19.8. The lowest BCUT2D eigenvalue weighted by Gasteiger charge is -2.36. The first-order valence-corrected chi connectivity index (χ1v) is 21.2. The van der Waals surface area contributed by atoms with E-state index in [0.717, 1.165) is 18.4 Å². The van der Waals surface area contributed by atoms with E-state index in [2.05, 4.69) is 10.6 Å². The highest BCUT2D eigenvalue weighted by Crippen LogP contribution is 2.24. The van der Waals surface area contributed by atoms with Gasteiger partial charge in [-0.05, 0) is 74.4 Å². The Kier molecular flexibility index (Phi) is 19.4. The van der Waals surface area contributed by atoms with Gasteiger partial charge in [-0.2, -0.15) is 4.31 Å². The molecule has 15 nitrogen and oxygen atoms in total. The number of hydrogen-bond acceptors (Lipinski definition) is 12. The number of carbonyl (C=O) groups is 3. The smallest absolute Gasteiger partial charge is 0.407 e. The lowest BCUT2D eigenvalue weighted by Crippen LogP contribution is -2.57. The van der Waals surface area contributed by atoms with Gasteiger partial charge in [-0.25, -0.2) is 18.0 Å². The summed E-state index contributed by atoms with van der Waals surface area (Å²) in [5.74, 6) is -0.512. The van der Waals surface area contributed by atoms with Crippen molar-refractivity contribution in [2.24, 2.45) is 11.7 Å². The van der Waals surface area contributed by atoms with Crippen LogP contribution in [-0.2, 0) is 45.0 Å². The molecule has 16 heteroatoms. The average molecular weight is 818 g/mol. The van der Waals surface area contributed by atoms with Crippen LogP contribution in [-0.4, -0.2) is 111 Å². The minimum atomic E-state index is -3.90. The standard InChI is InChI=1S/C25H35N3O6S.C16H28N2O4/c1-18(2)15-28(35(31,32)22-10-8-20(26)9-11-22)16-24(29)23(14-19-6-4-3-5-7-19)27-25(30)34-21-12-13-33-17-21;1-5-12(6-2)22-14-9-11(16(20)21-7-3)8-13(17)15(14)18-10(4)19/h3-11,18,21,23-24,29H,12-17,26H2,1-2H3,(H,27,30);9,12-15H,5-8,17H2,1-4H3,(H,18,19)/t21-,23-,24+;13-,14+,15+/m00/s1. The molecule has 1 fully saturated rings. The second-order valence-electron chi connectivity index (χ2n) is 14.7. The van der Waals surface area contributed by atoms with Crippen LogP contribution < -0.4 is 22.1 Å². The summed E-state index contributed by atoms with van der Waals surface area (Å²) in [6, 6.07) is 13.8. The fourth-order valence-corrected chi connectivity index (χ4v) is 8.14. The van der Waals surface area contributed by atoms with Gasteiger partial charge in [0, 0.05) is 43.7 Å². The summed E-state index contributed by atoms with van der Waals surface area (Å²) in [5, 5.41) is 16.8. The van der Waals surface area contributed by atoms with Crippen LogP contribution in [0.1, 0.15) is 72.8 Å². The molecule has 0 unspecified atom stereocenters. The molecule has 0 bridgehead atoms. The largest absolute Gasteiger partial charge is 0.463 e. The number of amides is 2. The molecule has 57 heavy (non-hydrogen) atoms. The number of esters is 1. The third kappa shape index (κ3) is 15.3. The number of rotatable bonds is 18. The van der Waals surface area contributed by atoms with E-state index >= 15 is 0 Å². The van der Waals surface area contributed by atoms with Crippen LogP contribution in [0.4, 0.5) is 10.5 Å². The topological polar surface area (TPSA) is 222 Å². The number of aliphatic hydroxyl groups is 1. The molecule has 0 aromatic heterocycles. The van der Waals surface area contributed by atoms with Crippen molar-refractivity contribution >= 4 is 33.7 Å². The van der Waals surface area contributed by atoms with Crippen LogP contribution in [0.15, 0.2) is 71.1 Å². The van der Waals surface area contributed by atoms with Crippen molar-refractivity contribution in [2.75, 3.05) is 38.6 Å². The molecule has 2 aromatic rings. The van der Waals surface area contributed by atoms with E-state index in [-0.39, 0.29) is 60.1 Å². The number of aliphatic hydroxyl groups excluding tert-OH is 1. The van der Waals surface area contributed by atoms with Crippen LogP contribution in [0.3, 0.4) is 0 Å². The molecule has 4 rings (SSSR count). The summed E-state index contributed by atoms with van der Waals surface area (Å²) < 4.78 is 49.8. The number of nitrogen functional groups attached to an aromatic ring is 1. The Hall–Kier alpha value is -4.06. The predicted molar refractivity (Wildman–Crippen MR) is 217 cm³/mol. The Labute approximate surface area is 337 Å². The van der Waals surface area contributed by atoms with E-state index in [9.17, 15) is 27.9 Å². The summed E-state index contributed by atoms with van der Waals surface area (Å²) >= 11 is 0. The van der Waals surface area contributed by atoms with E-state index in [1.165, 1.54) is 35.5 Å². The van der Waals surface area contributed by atoms with Crippen LogP contribution in [0, 0.1) is 5.92 Å². The van der Waals surface area contributed by atoms with Crippen molar-refractivity contribution in [2.45, 2.75) is 121 Å². The van der Waals surface area contributed by atoms with E-state index in [0.29, 0.717) is 50.3 Å². The van der Waals surface area contributed by atoms with Crippen molar-refractivity contribution in [1.82, 2.24) is 14.9 Å². The normalized spacial score (nSPS) is 20.6. The van der Waals surface area contributed by atoms with E-state index < -0.39 is 34.4 Å². The zero-order valence-corrected chi connectivity index (χ0v) is 34.9. The van der Waals surface area contributed by atoms with Gasteiger partial charge in [0.1, 0.15) is 6.10 Å². The Morgan fingerprint density at radius 2 is 1.68 bits per heavy atom. The summed E-state index contributed by atoms with van der Waals surface area (Å²) in [6.45, 7) is 12.3. The van der Waals surface area contributed by atoms with Crippen LogP contribution in [0.2, 0.25) is 0 Å². The van der Waals surface area contributed by atoms with Crippen molar-refractivity contribution in [1.29, 1.82) is 0 Å². The van der Waals surface area contributed by atoms with Crippen molar-refractivity contribution in [3.05, 3.63) is 71.8 Å². The van der Waals surface area contributed by atoms with Gasteiger partial charge in [0.15, 0.2) is 0 Å². The third-order valence-electron chi connectivity index (χ3n) is 9.51.